The first kappa shape index (κ1) is 22.7. The number of hydrogen-bond donors (Lipinski definition) is 1. The van der Waals surface area contributed by atoms with Crippen molar-refractivity contribution >= 4 is 34.4 Å². The molecule has 0 amide bonds. The van der Waals surface area contributed by atoms with E-state index in [1.165, 1.54) is 17.9 Å². The van der Waals surface area contributed by atoms with Gasteiger partial charge in [0.1, 0.15) is 17.1 Å². The maximum atomic E-state index is 14.1. The summed E-state index contributed by atoms with van der Waals surface area (Å²) in [6.07, 6.45) is -1.36. The van der Waals surface area contributed by atoms with Crippen LogP contribution < -0.4 is 20.3 Å². The van der Waals surface area contributed by atoms with Crippen molar-refractivity contribution in [1.82, 2.24) is 29.5 Å². The van der Waals surface area contributed by atoms with E-state index >= 15 is 0 Å². The number of hydrogen-bond acceptors (Lipinski definition) is 10. The van der Waals surface area contributed by atoms with Gasteiger partial charge in [-0.05, 0) is 24.3 Å². The number of anilines is 4. The lowest BCUT2D eigenvalue weighted by Gasteiger charge is -2.28. The number of para-hydroxylation sites is 1. The average molecular weight is 483 g/mol. The molecule has 4 heterocycles. The predicted molar refractivity (Wildman–Crippen MR) is 126 cm³/mol. The average Bonchev–Trinajstić information content (AvgIpc) is 3.29. The van der Waals surface area contributed by atoms with Crippen LogP contribution in [-0.2, 0) is 4.74 Å². The Bertz CT molecular complexity index is 1340. The van der Waals surface area contributed by atoms with Gasteiger partial charge in [-0.1, -0.05) is 6.07 Å². The second kappa shape index (κ2) is 9.25. The summed E-state index contributed by atoms with van der Waals surface area (Å²) in [6.45, 7) is 2.10. The third-order valence-corrected chi connectivity index (χ3v) is 5.60. The molecule has 11 nitrogen and oxygen atoms in total. The van der Waals surface area contributed by atoms with E-state index in [9.17, 15) is 8.78 Å². The van der Waals surface area contributed by atoms with Gasteiger partial charge in [-0.2, -0.15) is 15.0 Å². The molecule has 35 heavy (non-hydrogen) atoms. The summed E-state index contributed by atoms with van der Waals surface area (Å²) in [6, 6.07) is 8.45. The van der Waals surface area contributed by atoms with Crippen LogP contribution in [0.3, 0.4) is 0 Å². The number of ether oxygens (including phenoxy) is 2. The number of nitrogen functional groups attached to an aromatic ring is 1. The Morgan fingerprint density at radius 1 is 1.06 bits per heavy atom. The minimum absolute atomic E-state index is 0.00448. The molecule has 2 N–H and O–H groups in total. The number of nitrogens with two attached hydrogens (primary N) is 1. The van der Waals surface area contributed by atoms with E-state index in [0.717, 1.165) is 0 Å². The first-order chi connectivity index (χ1) is 17.0. The van der Waals surface area contributed by atoms with Crippen LogP contribution in [0.5, 0.6) is 5.75 Å². The predicted octanol–water partition coefficient (Wildman–Crippen LogP) is 2.74. The summed E-state index contributed by atoms with van der Waals surface area (Å²) in [5.74, 6) is 0.955. The minimum atomic E-state index is -2.88. The molecule has 13 heteroatoms. The van der Waals surface area contributed by atoms with Crippen molar-refractivity contribution < 1.29 is 18.3 Å². The van der Waals surface area contributed by atoms with Crippen LogP contribution in [0.15, 0.2) is 36.5 Å². The van der Waals surface area contributed by atoms with Crippen LogP contribution in [-0.4, -0.2) is 69.9 Å². The third-order valence-electron chi connectivity index (χ3n) is 5.60. The molecule has 1 aromatic carbocycles. The van der Waals surface area contributed by atoms with Crippen LogP contribution >= 0.6 is 0 Å². The molecule has 0 unspecified atom stereocenters. The molecular formula is C22H23F2N9O2. The molecule has 1 aliphatic rings. The second-order valence-electron chi connectivity index (χ2n) is 7.78. The highest BCUT2D eigenvalue weighted by molar-refractivity contribution is 5.84. The molecule has 0 aliphatic carbocycles. The molecule has 3 aromatic heterocycles. The number of rotatable bonds is 6. The van der Waals surface area contributed by atoms with Gasteiger partial charge in [-0.3, -0.25) is 9.47 Å². The van der Waals surface area contributed by atoms with Gasteiger partial charge in [0.05, 0.1) is 37.7 Å². The largest absolute Gasteiger partial charge is 0.494 e. The zero-order chi connectivity index (χ0) is 24.5. The number of fused-ring (bicyclic) bond motifs is 1. The zero-order valence-electron chi connectivity index (χ0n) is 19.1. The molecule has 4 aromatic rings. The maximum absolute atomic E-state index is 14.1. The van der Waals surface area contributed by atoms with Gasteiger partial charge in [0.15, 0.2) is 5.82 Å². The minimum Gasteiger partial charge on any atom is -0.494 e. The lowest BCUT2D eigenvalue weighted by Crippen LogP contribution is -2.38. The summed E-state index contributed by atoms with van der Waals surface area (Å²) < 4.78 is 40.3. The Morgan fingerprint density at radius 3 is 2.51 bits per heavy atom. The Morgan fingerprint density at radius 2 is 1.83 bits per heavy atom. The van der Waals surface area contributed by atoms with E-state index in [0.29, 0.717) is 55.0 Å². The summed E-state index contributed by atoms with van der Waals surface area (Å²) in [5.41, 5.74) is 6.94. The Balaban J connectivity index is 1.71. The number of alkyl halides is 2. The summed E-state index contributed by atoms with van der Waals surface area (Å²) in [7, 11) is 3.19. The number of methoxy groups -OCH3 is 1. The van der Waals surface area contributed by atoms with Crippen molar-refractivity contribution in [2.75, 3.05) is 56.0 Å². The Kier molecular flexibility index (Phi) is 5.99. The molecule has 1 saturated heterocycles. The molecule has 1 aliphatic heterocycles. The Hall–Kier alpha value is -4.13. The highest BCUT2D eigenvalue weighted by Crippen LogP contribution is 2.32. The smallest absolute Gasteiger partial charge is 0.296 e. The van der Waals surface area contributed by atoms with Crippen LogP contribution in [0.4, 0.5) is 32.2 Å². The van der Waals surface area contributed by atoms with Gasteiger partial charge >= 0.3 is 0 Å². The first-order valence-electron chi connectivity index (χ1n) is 10.8. The highest BCUT2D eigenvalue weighted by Gasteiger charge is 2.26. The van der Waals surface area contributed by atoms with E-state index < -0.39 is 12.2 Å². The van der Waals surface area contributed by atoms with Crippen molar-refractivity contribution in [2.24, 2.45) is 0 Å². The number of pyridine rings is 1. The number of aromatic nitrogens is 6. The number of imidazole rings is 1. The molecule has 0 spiro atoms. The van der Waals surface area contributed by atoms with E-state index in [4.69, 9.17) is 15.2 Å². The molecule has 1 fully saturated rings. The van der Waals surface area contributed by atoms with Crippen LogP contribution in [0.25, 0.3) is 17.0 Å². The van der Waals surface area contributed by atoms with Gasteiger partial charge in [0, 0.05) is 20.1 Å². The molecule has 0 atom stereocenters. The highest BCUT2D eigenvalue weighted by atomic mass is 19.3. The maximum Gasteiger partial charge on any atom is 0.296 e. The first-order valence-corrected chi connectivity index (χ1v) is 10.8. The molecule has 0 saturated carbocycles. The third kappa shape index (κ3) is 4.25. The number of halogens is 2. The SMILES string of the molecule is COc1cccc2c1nc(C(F)F)n2-c1nc(N2CCOCC2)nc(N(C)c2ccc(N)cn2)n1. The normalized spacial score (nSPS) is 14.0. The fourth-order valence-corrected chi connectivity index (χ4v) is 3.81. The molecule has 0 bridgehead atoms. The topological polar surface area (TPSA) is 120 Å². The summed E-state index contributed by atoms with van der Waals surface area (Å²) >= 11 is 0. The van der Waals surface area contributed by atoms with Crippen LogP contribution in [0, 0.1) is 0 Å². The van der Waals surface area contributed by atoms with Crippen LogP contribution in [0.1, 0.15) is 12.2 Å². The van der Waals surface area contributed by atoms with E-state index in [1.807, 2.05) is 4.90 Å². The molecular weight excluding hydrogens is 460 g/mol. The van der Waals surface area contributed by atoms with Gasteiger partial charge in [-0.15, -0.1) is 0 Å². The van der Waals surface area contributed by atoms with Crippen molar-refractivity contribution in [1.29, 1.82) is 0 Å². The van der Waals surface area contributed by atoms with Gasteiger partial charge in [0.2, 0.25) is 17.8 Å². The summed E-state index contributed by atoms with van der Waals surface area (Å²) in [4.78, 5) is 25.8. The van der Waals surface area contributed by atoms with Crippen molar-refractivity contribution in [3.63, 3.8) is 0 Å². The van der Waals surface area contributed by atoms with E-state index in [2.05, 4.69) is 24.9 Å². The Labute approximate surface area is 199 Å². The van der Waals surface area contributed by atoms with Gasteiger partial charge in [0.25, 0.3) is 6.43 Å². The standard InChI is InChI=1S/C22H23F2N9O2/c1-31(16-7-6-13(25)12-26-16)20-28-21(32-8-10-35-11-9-32)30-22(29-20)33-14-4-3-5-15(34-2)17(14)27-19(33)18(23)24/h3-7,12,18H,8-11,25H2,1-2H3. The van der Waals surface area contributed by atoms with Gasteiger partial charge < -0.3 is 20.1 Å². The quantitative estimate of drug-likeness (QED) is 0.438. The zero-order valence-corrected chi connectivity index (χ0v) is 19.1. The molecule has 5 rings (SSSR count). The van der Waals surface area contributed by atoms with Crippen molar-refractivity contribution in [3.8, 4) is 11.7 Å². The number of benzene rings is 1. The monoisotopic (exact) mass is 483 g/mol. The number of nitrogens with zero attached hydrogens (tertiary/aromatic N) is 8. The fourth-order valence-electron chi connectivity index (χ4n) is 3.81. The van der Waals surface area contributed by atoms with Crippen molar-refractivity contribution in [3.05, 3.63) is 42.4 Å². The summed E-state index contributed by atoms with van der Waals surface area (Å²) in [5, 5.41) is 0. The molecule has 0 radical (unpaired) electrons. The van der Waals surface area contributed by atoms with E-state index in [-0.39, 0.29) is 17.4 Å². The van der Waals surface area contributed by atoms with E-state index in [1.54, 1.807) is 42.3 Å². The van der Waals surface area contributed by atoms with Crippen molar-refractivity contribution in [2.45, 2.75) is 6.43 Å². The van der Waals surface area contributed by atoms with Crippen LogP contribution in [0.2, 0.25) is 0 Å². The van der Waals surface area contributed by atoms with Gasteiger partial charge in [-0.25, -0.2) is 18.7 Å². The fraction of sp³-hybridized carbons (Fsp3) is 0.318. The lowest BCUT2D eigenvalue weighted by molar-refractivity contribution is 0.122. The number of morpholine rings is 1. The lowest BCUT2D eigenvalue weighted by atomic mass is 10.3. The second-order valence-corrected chi connectivity index (χ2v) is 7.78. The molecule has 182 valence electrons.